The second-order valence-electron chi connectivity index (χ2n) is 7.37. The van der Waals surface area contributed by atoms with E-state index in [4.69, 9.17) is 0 Å². The van der Waals surface area contributed by atoms with Crippen molar-refractivity contribution >= 4 is 60.6 Å². The van der Waals surface area contributed by atoms with Crippen LogP contribution in [0, 0.1) is 0 Å². The Morgan fingerprint density at radius 1 is 0.586 bits per heavy atom. The van der Waals surface area contributed by atoms with Crippen molar-refractivity contribution in [2.24, 2.45) is 0 Å². The zero-order valence-electron chi connectivity index (χ0n) is 16.3. The number of rotatable bonds is 1. The molecule has 0 saturated carbocycles. The summed E-state index contributed by atoms with van der Waals surface area (Å²) >= 11 is 0. The average molecular weight is 377 g/mol. The molecule has 0 N–H and O–H groups in total. The fourth-order valence-corrected chi connectivity index (χ4v) is 4.39. The topological polar surface area (TPSA) is 37.4 Å². The van der Waals surface area contributed by atoms with Crippen LogP contribution in [0.5, 0.6) is 0 Å². The van der Waals surface area contributed by atoms with Gasteiger partial charge in [-0.15, -0.1) is 0 Å². The number of hydrogen-bond donors (Lipinski definition) is 0. The highest BCUT2D eigenvalue weighted by atomic mass is 16.2. The van der Waals surface area contributed by atoms with Crippen molar-refractivity contribution < 1.29 is 9.59 Å². The smallest absolute Gasteiger partial charge is 0.230 e. The molecule has 0 bridgehead atoms. The van der Waals surface area contributed by atoms with Crippen molar-refractivity contribution in [2.75, 3.05) is 4.90 Å². The zero-order chi connectivity index (χ0) is 20.1. The van der Waals surface area contributed by atoms with E-state index in [0.29, 0.717) is 5.69 Å². The third-order valence-corrected chi connectivity index (χ3v) is 5.58. The summed E-state index contributed by atoms with van der Waals surface area (Å²) in [6.07, 6.45) is 0. The molecule has 140 valence electrons. The molecule has 0 spiro atoms. The predicted molar refractivity (Wildman–Crippen MR) is 120 cm³/mol. The Labute approximate surface area is 168 Å². The maximum Gasteiger partial charge on any atom is 0.230 e. The van der Waals surface area contributed by atoms with Crippen molar-refractivity contribution in [3.63, 3.8) is 0 Å². The first kappa shape index (κ1) is 17.4. The van der Waals surface area contributed by atoms with Crippen LogP contribution in [-0.4, -0.2) is 11.8 Å². The van der Waals surface area contributed by atoms with Crippen molar-refractivity contribution in [3.05, 3.63) is 78.9 Å². The van der Waals surface area contributed by atoms with Gasteiger partial charge in [0.05, 0.1) is 5.69 Å². The van der Waals surface area contributed by atoms with Gasteiger partial charge >= 0.3 is 0 Å². The van der Waals surface area contributed by atoms with Gasteiger partial charge in [-0.25, -0.2) is 4.90 Å². The van der Waals surface area contributed by atoms with Crippen LogP contribution in [0.25, 0.3) is 43.1 Å². The molecular weight excluding hydrogens is 358 g/mol. The van der Waals surface area contributed by atoms with Crippen LogP contribution < -0.4 is 4.90 Å². The van der Waals surface area contributed by atoms with Gasteiger partial charge in [0.25, 0.3) is 0 Å². The molecule has 3 heteroatoms. The maximum absolute atomic E-state index is 12.6. The summed E-state index contributed by atoms with van der Waals surface area (Å²) in [6.45, 7) is 2.89. The molecule has 5 rings (SSSR count). The minimum Gasteiger partial charge on any atom is -0.274 e. The van der Waals surface area contributed by atoms with Crippen molar-refractivity contribution in [1.29, 1.82) is 0 Å². The Bertz CT molecular complexity index is 1450. The van der Waals surface area contributed by atoms with Crippen LogP contribution in [-0.2, 0) is 9.59 Å². The van der Waals surface area contributed by atoms with Crippen molar-refractivity contribution in [3.8, 4) is 0 Å². The average Bonchev–Trinajstić information content (AvgIpc) is 2.72. The summed E-state index contributed by atoms with van der Waals surface area (Å²) in [6, 6.07) is 26.7. The molecule has 0 aliphatic carbocycles. The SMILES string of the molecule is CC(=O)N(C(C)=O)c1c2ccc3ccccc3c2cc2ccc3ccccc3c12. The number of fused-ring (bicyclic) bond motifs is 6. The van der Waals surface area contributed by atoms with Crippen molar-refractivity contribution in [1.82, 2.24) is 0 Å². The lowest BCUT2D eigenvalue weighted by Crippen LogP contribution is -2.33. The minimum absolute atomic E-state index is 0.285. The van der Waals surface area contributed by atoms with E-state index in [1.165, 1.54) is 18.7 Å². The number of carbonyl (C=O) groups excluding carboxylic acids is 2. The molecule has 0 unspecified atom stereocenters. The van der Waals surface area contributed by atoms with E-state index in [0.717, 1.165) is 43.1 Å². The first-order chi connectivity index (χ1) is 14.1. The normalized spacial score (nSPS) is 11.4. The van der Waals surface area contributed by atoms with Crippen molar-refractivity contribution in [2.45, 2.75) is 13.8 Å². The number of carbonyl (C=O) groups is 2. The molecule has 0 aliphatic heterocycles. The molecule has 5 aromatic rings. The Balaban J connectivity index is 2.10. The Kier molecular flexibility index (Phi) is 3.85. The second kappa shape index (κ2) is 6.42. The van der Waals surface area contributed by atoms with Crippen LogP contribution in [0.1, 0.15) is 13.8 Å². The van der Waals surface area contributed by atoms with Gasteiger partial charge in [0, 0.05) is 24.6 Å². The lowest BCUT2D eigenvalue weighted by Gasteiger charge is -2.23. The summed E-state index contributed by atoms with van der Waals surface area (Å²) < 4.78 is 0. The molecule has 0 atom stereocenters. The number of hydrogen-bond acceptors (Lipinski definition) is 2. The minimum atomic E-state index is -0.285. The molecule has 0 saturated heterocycles. The van der Waals surface area contributed by atoms with Crippen LogP contribution in [0.3, 0.4) is 0 Å². The molecule has 3 nitrogen and oxygen atoms in total. The van der Waals surface area contributed by atoms with Gasteiger partial charge in [-0.3, -0.25) is 9.59 Å². The maximum atomic E-state index is 12.6. The number of imide groups is 1. The summed E-state index contributed by atoms with van der Waals surface area (Å²) in [7, 11) is 0. The third kappa shape index (κ3) is 2.59. The predicted octanol–water partition coefficient (Wildman–Crippen LogP) is 6.20. The molecule has 0 aromatic heterocycles. The van der Waals surface area contributed by atoms with Crippen LogP contribution >= 0.6 is 0 Å². The summed E-state index contributed by atoms with van der Waals surface area (Å²) in [5.41, 5.74) is 0.667. The van der Waals surface area contributed by atoms with E-state index >= 15 is 0 Å². The van der Waals surface area contributed by atoms with E-state index < -0.39 is 0 Å². The highest BCUT2D eigenvalue weighted by molar-refractivity contribution is 6.31. The van der Waals surface area contributed by atoms with E-state index in [1.807, 2.05) is 36.4 Å². The molecule has 29 heavy (non-hydrogen) atoms. The van der Waals surface area contributed by atoms with Gasteiger partial charge in [0.2, 0.25) is 11.8 Å². The fourth-order valence-electron chi connectivity index (χ4n) is 4.39. The molecular formula is C26H19NO2. The van der Waals surface area contributed by atoms with Gasteiger partial charge in [-0.2, -0.15) is 0 Å². The summed E-state index contributed by atoms with van der Waals surface area (Å²) in [4.78, 5) is 26.5. The number of anilines is 1. The monoisotopic (exact) mass is 377 g/mol. The highest BCUT2D eigenvalue weighted by Crippen LogP contribution is 2.42. The summed E-state index contributed by atoms with van der Waals surface area (Å²) in [5, 5.41) is 8.21. The first-order valence-electron chi connectivity index (χ1n) is 9.63. The van der Waals surface area contributed by atoms with Crippen LogP contribution in [0.4, 0.5) is 5.69 Å². The molecule has 0 heterocycles. The number of benzene rings is 5. The van der Waals surface area contributed by atoms with Crippen LogP contribution in [0.2, 0.25) is 0 Å². The van der Waals surface area contributed by atoms with E-state index in [9.17, 15) is 9.59 Å². The standard InChI is InChI=1S/C26H19NO2/c1-16(28)27(17(2)29)26-23-14-13-18-7-3-5-9-21(18)24(23)15-20-12-11-19-8-4-6-10-22(19)25(20)26/h3-15H,1-2H3. The highest BCUT2D eigenvalue weighted by Gasteiger charge is 2.23. The first-order valence-corrected chi connectivity index (χ1v) is 9.63. The van der Waals surface area contributed by atoms with E-state index in [1.54, 1.807) is 0 Å². The quantitative estimate of drug-likeness (QED) is 0.258. The molecule has 0 radical (unpaired) electrons. The molecule has 0 fully saturated rings. The number of nitrogens with zero attached hydrogens (tertiary/aromatic N) is 1. The zero-order valence-corrected chi connectivity index (χ0v) is 16.3. The summed E-state index contributed by atoms with van der Waals surface area (Å²) in [5.74, 6) is -0.570. The molecule has 5 aromatic carbocycles. The second-order valence-corrected chi connectivity index (χ2v) is 7.37. The van der Waals surface area contributed by atoms with Gasteiger partial charge in [0.15, 0.2) is 0 Å². The third-order valence-electron chi connectivity index (χ3n) is 5.58. The molecule has 2 amide bonds. The Morgan fingerprint density at radius 3 is 1.83 bits per heavy atom. The largest absolute Gasteiger partial charge is 0.274 e. The van der Waals surface area contributed by atoms with E-state index in [2.05, 4.69) is 42.5 Å². The Hall–Kier alpha value is -3.72. The lowest BCUT2D eigenvalue weighted by atomic mass is 9.93. The molecule has 0 aliphatic rings. The van der Waals surface area contributed by atoms with E-state index in [-0.39, 0.29) is 11.8 Å². The van der Waals surface area contributed by atoms with Gasteiger partial charge in [-0.1, -0.05) is 72.8 Å². The number of amides is 2. The van der Waals surface area contributed by atoms with Gasteiger partial charge in [0.1, 0.15) is 0 Å². The van der Waals surface area contributed by atoms with Gasteiger partial charge < -0.3 is 0 Å². The fraction of sp³-hybridized carbons (Fsp3) is 0.0769. The lowest BCUT2D eigenvalue weighted by molar-refractivity contribution is -0.124. The van der Waals surface area contributed by atoms with Crippen LogP contribution in [0.15, 0.2) is 78.9 Å². The van der Waals surface area contributed by atoms with Gasteiger partial charge in [-0.05, 0) is 38.4 Å². The Morgan fingerprint density at radius 2 is 1.14 bits per heavy atom.